The van der Waals surface area contributed by atoms with Gasteiger partial charge in [0.1, 0.15) is 0 Å². The predicted molar refractivity (Wildman–Crippen MR) is 66.4 cm³/mol. The van der Waals surface area contributed by atoms with Gasteiger partial charge < -0.3 is 15.5 Å². The Morgan fingerprint density at radius 2 is 1.94 bits per heavy atom. The standard InChI is InChI=1S/C13H27NO2/c1-2-6-12(16)9-14-10-13(11-15)7-4-3-5-8-13/h12,14-16H,2-11H2,1H3. The van der Waals surface area contributed by atoms with Crippen LogP contribution in [-0.2, 0) is 0 Å². The molecule has 96 valence electrons. The molecule has 1 aliphatic rings. The van der Waals surface area contributed by atoms with Crippen molar-refractivity contribution in [3.63, 3.8) is 0 Å². The summed E-state index contributed by atoms with van der Waals surface area (Å²) in [6.45, 7) is 3.88. The van der Waals surface area contributed by atoms with Crippen molar-refractivity contribution in [1.82, 2.24) is 5.32 Å². The molecule has 0 aromatic carbocycles. The topological polar surface area (TPSA) is 52.5 Å². The van der Waals surface area contributed by atoms with E-state index in [0.29, 0.717) is 6.54 Å². The first kappa shape index (κ1) is 13.9. The van der Waals surface area contributed by atoms with Crippen molar-refractivity contribution in [3.05, 3.63) is 0 Å². The molecule has 1 fully saturated rings. The number of nitrogens with one attached hydrogen (secondary N) is 1. The van der Waals surface area contributed by atoms with Crippen LogP contribution in [0.5, 0.6) is 0 Å². The predicted octanol–water partition coefficient (Wildman–Crippen LogP) is 1.68. The molecule has 1 aliphatic carbocycles. The van der Waals surface area contributed by atoms with Gasteiger partial charge in [-0.1, -0.05) is 32.6 Å². The van der Waals surface area contributed by atoms with Crippen molar-refractivity contribution < 1.29 is 10.2 Å². The molecule has 16 heavy (non-hydrogen) atoms. The van der Waals surface area contributed by atoms with Crippen molar-refractivity contribution in [2.24, 2.45) is 5.41 Å². The van der Waals surface area contributed by atoms with Crippen LogP contribution >= 0.6 is 0 Å². The van der Waals surface area contributed by atoms with Crippen LogP contribution in [-0.4, -0.2) is 36.0 Å². The van der Waals surface area contributed by atoms with Crippen LogP contribution in [0, 0.1) is 5.41 Å². The van der Waals surface area contributed by atoms with Crippen LogP contribution in [0.4, 0.5) is 0 Å². The molecular weight excluding hydrogens is 202 g/mol. The summed E-state index contributed by atoms with van der Waals surface area (Å²) < 4.78 is 0. The maximum absolute atomic E-state index is 9.61. The van der Waals surface area contributed by atoms with E-state index in [4.69, 9.17) is 0 Å². The van der Waals surface area contributed by atoms with Gasteiger partial charge in [-0.2, -0.15) is 0 Å². The molecule has 0 aromatic rings. The molecule has 0 bridgehead atoms. The fourth-order valence-corrected chi connectivity index (χ4v) is 2.63. The molecule has 0 aliphatic heterocycles. The highest BCUT2D eigenvalue weighted by molar-refractivity contribution is 4.84. The van der Waals surface area contributed by atoms with Crippen LogP contribution in [0.3, 0.4) is 0 Å². The second-order valence-corrected chi connectivity index (χ2v) is 5.29. The van der Waals surface area contributed by atoms with Gasteiger partial charge in [0.15, 0.2) is 0 Å². The number of aliphatic hydroxyl groups excluding tert-OH is 2. The van der Waals surface area contributed by atoms with Crippen LogP contribution in [0.15, 0.2) is 0 Å². The number of hydrogen-bond donors (Lipinski definition) is 3. The molecule has 1 unspecified atom stereocenters. The smallest absolute Gasteiger partial charge is 0.0664 e. The molecule has 0 spiro atoms. The number of aliphatic hydroxyl groups is 2. The normalized spacial score (nSPS) is 21.9. The van der Waals surface area contributed by atoms with E-state index in [0.717, 1.165) is 32.2 Å². The van der Waals surface area contributed by atoms with Crippen molar-refractivity contribution in [2.45, 2.75) is 58.0 Å². The van der Waals surface area contributed by atoms with E-state index in [-0.39, 0.29) is 18.1 Å². The van der Waals surface area contributed by atoms with Crippen LogP contribution in [0.1, 0.15) is 51.9 Å². The zero-order chi connectivity index (χ0) is 11.9. The Labute approximate surface area is 99.3 Å². The molecular formula is C13H27NO2. The first-order chi connectivity index (χ1) is 7.72. The minimum atomic E-state index is -0.232. The molecule has 1 atom stereocenters. The molecule has 0 aromatic heterocycles. The van der Waals surface area contributed by atoms with Gasteiger partial charge in [-0.25, -0.2) is 0 Å². The van der Waals surface area contributed by atoms with Gasteiger partial charge in [-0.15, -0.1) is 0 Å². The molecule has 3 heteroatoms. The van der Waals surface area contributed by atoms with E-state index in [2.05, 4.69) is 12.2 Å². The fourth-order valence-electron chi connectivity index (χ4n) is 2.63. The Morgan fingerprint density at radius 1 is 1.25 bits per heavy atom. The Balaban J connectivity index is 2.22. The monoisotopic (exact) mass is 229 g/mol. The summed E-state index contributed by atoms with van der Waals surface area (Å²) in [7, 11) is 0. The van der Waals surface area contributed by atoms with Crippen molar-refractivity contribution >= 4 is 0 Å². The number of hydrogen-bond acceptors (Lipinski definition) is 3. The Morgan fingerprint density at radius 3 is 2.50 bits per heavy atom. The minimum Gasteiger partial charge on any atom is -0.396 e. The SMILES string of the molecule is CCCC(O)CNCC1(CO)CCCCC1. The van der Waals surface area contributed by atoms with E-state index in [1.54, 1.807) is 0 Å². The first-order valence-corrected chi connectivity index (χ1v) is 6.72. The van der Waals surface area contributed by atoms with E-state index >= 15 is 0 Å². The average Bonchev–Trinajstić information content (AvgIpc) is 2.31. The zero-order valence-corrected chi connectivity index (χ0v) is 10.5. The lowest BCUT2D eigenvalue weighted by Crippen LogP contribution is -2.41. The zero-order valence-electron chi connectivity index (χ0n) is 10.5. The van der Waals surface area contributed by atoms with Crippen LogP contribution < -0.4 is 5.32 Å². The quantitative estimate of drug-likeness (QED) is 0.622. The van der Waals surface area contributed by atoms with Gasteiger partial charge >= 0.3 is 0 Å². The number of rotatable bonds is 7. The molecule has 0 amide bonds. The third kappa shape index (κ3) is 4.40. The van der Waals surface area contributed by atoms with E-state index in [1.807, 2.05) is 0 Å². The average molecular weight is 229 g/mol. The molecule has 0 saturated heterocycles. The van der Waals surface area contributed by atoms with Gasteiger partial charge in [0, 0.05) is 25.1 Å². The van der Waals surface area contributed by atoms with E-state index < -0.39 is 0 Å². The molecule has 0 radical (unpaired) electrons. The summed E-state index contributed by atoms with van der Waals surface area (Å²) >= 11 is 0. The van der Waals surface area contributed by atoms with Gasteiger partial charge in [0.25, 0.3) is 0 Å². The second-order valence-electron chi connectivity index (χ2n) is 5.29. The molecule has 3 nitrogen and oxygen atoms in total. The minimum absolute atomic E-state index is 0.0875. The van der Waals surface area contributed by atoms with E-state index in [9.17, 15) is 10.2 Å². The molecule has 1 saturated carbocycles. The van der Waals surface area contributed by atoms with Gasteiger partial charge in [0.05, 0.1) is 6.10 Å². The Bertz CT molecular complexity index is 179. The van der Waals surface area contributed by atoms with Crippen LogP contribution in [0.2, 0.25) is 0 Å². The lowest BCUT2D eigenvalue weighted by molar-refractivity contribution is 0.0750. The lowest BCUT2D eigenvalue weighted by atomic mass is 9.74. The Kier molecular flexibility index (Phi) is 6.32. The summed E-state index contributed by atoms with van der Waals surface area (Å²) in [5.41, 5.74) is 0.0875. The Hall–Kier alpha value is -0.120. The highest BCUT2D eigenvalue weighted by atomic mass is 16.3. The molecule has 3 N–H and O–H groups in total. The summed E-state index contributed by atoms with van der Waals surface area (Å²) in [6.07, 6.45) is 7.68. The third-order valence-corrected chi connectivity index (χ3v) is 3.75. The molecule has 0 heterocycles. The third-order valence-electron chi connectivity index (χ3n) is 3.75. The highest BCUT2D eigenvalue weighted by Crippen LogP contribution is 2.35. The van der Waals surface area contributed by atoms with E-state index in [1.165, 1.54) is 19.3 Å². The molecule has 1 rings (SSSR count). The van der Waals surface area contributed by atoms with Crippen molar-refractivity contribution in [2.75, 3.05) is 19.7 Å². The lowest BCUT2D eigenvalue weighted by Gasteiger charge is -2.36. The summed E-state index contributed by atoms with van der Waals surface area (Å²) in [5.74, 6) is 0. The van der Waals surface area contributed by atoms with Crippen molar-refractivity contribution in [3.8, 4) is 0 Å². The van der Waals surface area contributed by atoms with Gasteiger partial charge in [-0.05, 0) is 19.3 Å². The summed E-state index contributed by atoms with van der Waals surface area (Å²) in [5, 5.41) is 22.4. The first-order valence-electron chi connectivity index (χ1n) is 6.72. The van der Waals surface area contributed by atoms with Gasteiger partial charge in [-0.3, -0.25) is 0 Å². The summed E-state index contributed by atoms with van der Waals surface area (Å²) in [4.78, 5) is 0. The maximum Gasteiger partial charge on any atom is 0.0664 e. The summed E-state index contributed by atoms with van der Waals surface area (Å²) in [6, 6.07) is 0. The van der Waals surface area contributed by atoms with Gasteiger partial charge in [0.2, 0.25) is 0 Å². The largest absolute Gasteiger partial charge is 0.396 e. The fraction of sp³-hybridized carbons (Fsp3) is 1.00. The maximum atomic E-state index is 9.61. The van der Waals surface area contributed by atoms with Crippen molar-refractivity contribution in [1.29, 1.82) is 0 Å². The second kappa shape index (κ2) is 7.25. The van der Waals surface area contributed by atoms with Crippen LogP contribution in [0.25, 0.3) is 0 Å². The highest BCUT2D eigenvalue weighted by Gasteiger charge is 2.30.